The lowest BCUT2D eigenvalue weighted by atomic mass is 9.85. The van der Waals surface area contributed by atoms with Gasteiger partial charge in [-0.25, -0.2) is 0 Å². The number of allylic oxidation sites excluding steroid dienone is 2. The summed E-state index contributed by atoms with van der Waals surface area (Å²) < 4.78 is 0. The number of nitrogens with zero attached hydrogens (tertiary/aromatic N) is 2. The van der Waals surface area contributed by atoms with Gasteiger partial charge in [0.25, 0.3) is 0 Å². The summed E-state index contributed by atoms with van der Waals surface area (Å²) in [4.78, 5) is 54.6. The number of imide groups is 1. The minimum Gasteiger partial charge on any atom is -0.354 e. The summed E-state index contributed by atoms with van der Waals surface area (Å²) in [5.74, 6) is -1.08. The first-order chi connectivity index (χ1) is 15.8. The fourth-order valence-electron chi connectivity index (χ4n) is 4.56. The average Bonchev–Trinajstić information content (AvgIpc) is 3.06. The van der Waals surface area contributed by atoms with Crippen molar-refractivity contribution < 1.29 is 19.2 Å². The van der Waals surface area contributed by atoms with E-state index in [2.05, 4.69) is 5.32 Å². The zero-order chi connectivity index (χ0) is 24.0. The number of hydrogen-bond donors (Lipinski definition) is 1. The van der Waals surface area contributed by atoms with Crippen molar-refractivity contribution in [1.82, 2.24) is 15.1 Å². The highest BCUT2D eigenvalue weighted by atomic mass is 16.2. The van der Waals surface area contributed by atoms with Crippen molar-refractivity contribution in [2.45, 2.75) is 59.0 Å². The molecule has 7 nitrogen and oxygen atoms in total. The second-order valence-electron chi connectivity index (χ2n) is 9.30. The molecule has 1 fully saturated rings. The molecule has 1 aromatic carbocycles. The van der Waals surface area contributed by atoms with Crippen LogP contribution < -0.4 is 5.32 Å². The van der Waals surface area contributed by atoms with E-state index in [1.54, 1.807) is 4.90 Å². The fourth-order valence-corrected chi connectivity index (χ4v) is 4.56. The number of rotatable bonds is 10. The van der Waals surface area contributed by atoms with Crippen LogP contribution >= 0.6 is 0 Å². The van der Waals surface area contributed by atoms with E-state index in [1.165, 1.54) is 4.90 Å². The van der Waals surface area contributed by atoms with Crippen LogP contribution in [0, 0.1) is 17.8 Å². The Balaban J connectivity index is 1.72. The molecule has 1 aromatic rings. The Labute approximate surface area is 196 Å². The van der Waals surface area contributed by atoms with E-state index in [0.717, 1.165) is 5.56 Å². The number of carbonyl (C=O) groups excluding carboxylic acids is 4. The standard InChI is InChI=1S/C26H35N3O4/c1-4-22(24(31)27-16-18(2)3)29(17-19-10-6-5-7-11-19)23(30)14-15-28-25(32)20-12-8-9-13-21(20)26(28)33/h5-11,18,20-22H,4,12-17H2,1-3H3,(H,27,31)/t20-,21+,22-/m1/s1. The Kier molecular flexibility index (Phi) is 8.42. The molecule has 178 valence electrons. The largest absolute Gasteiger partial charge is 0.354 e. The highest BCUT2D eigenvalue weighted by Gasteiger charge is 2.47. The Bertz CT molecular complexity index is 870. The van der Waals surface area contributed by atoms with Crippen LogP contribution in [-0.2, 0) is 25.7 Å². The van der Waals surface area contributed by atoms with E-state index in [4.69, 9.17) is 0 Å². The Morgan fingerprint density at radius 1 is 1.06 bits per heavy atom. The van der Waals surface area contributed by atoms with Gasteiger partial charge < -0.3 is 10.2 Å². The molecule has 1 heterocycles. The lowest BCUT2D eigenvalue weighted by Gasteiger charge is -2.31. The van der Waals surface area contributed by atoms with Gasteiger partial charge in [0.2, 0.25) is 23.6 Å². The number of nitrogens with one attached hydrogen (secondary N) is 1. The Morgan fingerprint density at radius 2 is 1.67 bits per heavy atom. The Morgan fingerprint density at radius 3 is 2.21 bits per heavy atom. The van der Waals surface area contributed by atoms with Gasteiger partial charge >= 0.3 is 0 Å². The first kappa shape index (κ1) is 24.7. The molecule has 4 amide bonds. The molecule has 0 unspecified atom stereocenters. The topological polar surface area (TPSA) is 86.8 Å². The second kappa shape index (κ2) is 11.3. The zero-order valence-electron chi connectivity index (χ0n) is 19.8. The van der Waals surface area contributed by atoms with Gasteiger partial charge in [0.1, 0.15) is 6.04 Å². The fraction of sp³-hybridized carbons (Fsp3) is 0.538. The summed E-state index contributed by atoms with van der Waals surface area (Å²) in [6, 6.07) is 8.92. The van der Waals surface area contributed by atoms with Crippen LogP contribution in [-0.4, -0.2) is 52.6 Å². The van der Waals surface area contributed by atoms with Crippen LogP contribution in [0.4, 0.5) is 0 Å². The van der Waals surface area contributed by atoms with Crippen LogP contribution in [0.3, 0.4) is 0 Å². The zero-order valence-corrected chi connectivity index (χ0v) is 19.8. The number of benzene rings is 1. The van der Waals surface area contributed by atoms with Crippen LogP contribution in [0.2, 0.25) is 0 Å². The molecule has 33 heavy (non-hydrogen) atoms. The van der Waals surface area contributed by atoms with E-state index in [-0.39, 0.29) is 48.4 Å². The number of amides is 4. The molecule has 0 aromatic heterocycles. The lowest BCUT2D eigenvalue weighted by molar-refractivity contribution is -0.144. The van der Waals surface area contributed by atoms with Gasteiger partial charge in [-0.1, -0.05) is 63.3 Å². The lowest BCUT2D eigenvalue weighted by Crippen LogP contribution is -2.50. The van der Waals surface area contributed by atoms with Crippen LogP contribution in [0.1, 0.15) is 52.0 Å². The Hall–Kier alpha value is -2.96. The van der Waals surface area contributed by atoms with Gasteiger partial charge in [-0.05, 0) is 30.7 Å². The molecule has 1 N–H and O–H groups in total. The van der Waals surface area contributed by atoms with E-state index in [0.29, 0.717) is 38.3 Å². The minimum absolute atomic E-state index is 0.00510. The molecule has 3 atom stereocenters. The van der Waals surface area contributed by atoms with E-state index >= 15 is 0 Å². The third kappa shape index (κ3) is 5.89. The number of likely N-dealkylation sites (tertiary alicyclic amines) is 1. The van der Waals surface area contributed by atoms with Crippen LogP contribution in [0.15, 0.2) is 42.5 Å². The van der Waals surface area contributed by atoms with Gasteiger partial charge in [0, 0.05) is 26.1 Å². The molecule has 2 aliphatic rings. The maximum Gasteiger partial charge on any atom is 0.242 e. The maximum atomic E-state index is 13.4. The molecular weight excluding hydrogens is 418 g/mol. The van der Waals surface area contributed by atoms with Crippen molar-refractivity contribution in [3.05, 3.63) is 48.0 Å². The van der Waals surface area contributed by atoms with Gasteiger partial charge in [-0.15, -0.1) is 0 Å². The summed E-state index contributed by atoms with van der Waals surface area (Å²) >= 11 is 0. The molecule has 1 saturated heterocycles. The first-order valence-corrected chi connectivity index (χ1v) is 11.9. The van der Waals surface area contributed by atoms with E-state index in [9.17, 15) is 19.2 Å². The van der Waals surface area contributed by atoms with Gasteiger partial charge in [0.15, 0.2) is 0 Å². The van der Waals surface area contributed by atoms with Gasteiger partial charge in [-0.2, -0.15) is 0 Å². The van der Waals surface area contributed by atoms with Crippen molar-refractivity contribution in [2.24, 2.45) is 17.8 Å². The van der Waals surface area contributed by atoms with Crippen molar-refractivity contribution in [2.75, 3.05) is 13.1 Å². The van der Waals surface area contributed by atoms with Gasteiger partial charge in [0.05, 0.1) is 11.8 Å². The summed E-state index contributed by atoms with van der Waals surface area (Å²) in [6.45, 7) is 6.81. The van der Waals surface area contributed by atoms with E-state index in [1.807, 2.05) is 63.3 Å². The second-order valence-corrected chi connectivity index (χ2v) is 9.30. The van der Waals surface area contributed by atoms with Crippen molar-refractivity contribution in [3.63, 3.8) is 0 Å². The monoisotopic (exact) mass is 453 g/mol. The molecule has 1 aliphatic carbocycles. The molecule has 0 spiro atoms. The highest BCUT2D eigenvalue weighted by molar-refractivity contribution is 6.05. The quantitative estimate of drug-likeness (QED) is 0.436. The third-order valence-corrected chi connectivity index (χ3v) is 6.41. The molecule has 7 heteroatoms. The third-order valence-electron chi connectivity index (χ3n) is 6.41. The predicted molar refractivity (Wildman–Crippen MR) is 126 cm³/mol. The van der Waals surface area contributed by atoms with Gasteiger partial charge in [-0.3, -0.25) is 24.1 Å². The molecule has 1 aliphatic heterocycles. The molecular formula is C26H35N3O4. The normalized spacial score (nSPS) is 20.7. The number of hydrogen-bond acceptors (Lipinski definition) is 4. The van der Waals surface area contributed by atoms with Crippen LogP contribution in [0.25, 0.3) is 0 Å². The summed E-state index contributed by atoms with van der Waals surface area (Å²) in [6.07, 6.45) is 5.53. The molecule has 0 radical (unpaired) electrons. The summed E-state index contributed by atoms with van der Waals surface area (Å²) in [5.41, 5.74) is 0.923. The first-order valence-electron chi connectivity index (χ1n) is 11.9. The summed E-state index contributed by atoms with van der Waals surface area (Å²) in [5, 5.41) is 2.94. The highest BCUT2D eigenvalue weighted by Crippen LogP contribution is 2.35. The molecule has 0 saturated carbocycles. The van der Waals surface area contributed by atoms with Crippen molar-refractivity contribution in [3.8, 4) is 0 Å². The molecule has 0 bridgehead atoms. The maximum absolute atomic E-state index is 13.4. The van der Waals surface area contributed by atoms with Crippen molar-refractivity contribution >= 4 is 23.6 Å². The van der Waals surface area contributed by atoms with E-state index < -0.39 is 6.04 Å². The number of fused-ring (bicyclic) bond motifs is 1. The minimum atomic E-state index is -0.617. The van der Waals surface area contributed by atoms with Crippen molar-refractivity contribution in [1.29, 1.82) is 0 Å². The smallest absolute Gasteiger partial charge is 0.242 e. The molecule has 3 rings (SSSR count). The SMILES string of the molecule is CC[C@H](C(=O)NCC(C)C)N(Cc1ccccc1)C(=O)CCN1C(=O)[C@H]2CC=CC[C@H]2C1=O. The van der Waals surface area contributed by atoms with Crippen LogP contribution in [0.5, 0.6) is 0 Å². The average molecular weight is 454 g/mol. The number of carbonyl (C=O) groups is 4. The summed E-state index contributed by atoms with van der Waals surface area (Å²) in [7, 11) is 0. The predicted octanol–water partition coefficient (Wildman–Crippen LogP) is 2.91.